The molecule has 0 radical (unpaired) electrons. The second kappa shape index (κ2) is 3.62. The third kappa shape index (κ3) is 1.53. The molecular formula is C13H13N. The van der Waals surface area contributed by atoms with Crippen molar-refractivity contribution in [2.75, 3.05) is 0 Å². The van der Waals surface area contributed by atoms with E-state index in [-0.39, 0.29) is 0 Å². The topological polar surface area (TPSA) is 12.9 Å². The van der Waals surface area contributed by atoms with Gasteiger partial charge in [0.05, 0.1) is 11.2 Å². The van der Waals surface area contributed by atoms with Gasteiger partial charge in [0.25, 0.3) is 0 Å². The number of para-hydroxylation sites is 1. The molecule has 0 fully saturated rings. The first-order valence-electron chi connectivity index (χ1n) is 4.80. The third-order valence-corrected chi connectivity index (χ3v) is 2.28. The van der Waals surface area contributed by atoms with Crippen LogP contribution in [0.15, 0.2) is 36.4 Å². The van der Waals surface area contributed by atoms with E-state index in [0.717, 1.165) is 11.2 Å². The van der Waals surface area contributed by atoms with E-state index >= 15 is 0 Å². The molecule has 2 aromatic rings. The van der Waals surface area contributed by atoms with E-state index in [1.807, 2.05) is 31.2 Å². The molecule has 0 aliphatic carbocycles. The van der Waals surface area contributed by atoms with Gasteiger partial charge >= 0.3 is 0 Å². The van der Waals surface area contributed by atoms with E-state index in [9.17, 15) is 0 Å². The zero-order valence-electron chi connectivity index (χ0n) is 8.49. The van der Waals surface area contributed by atoms with Crippen molar-refractivity contribution in [3.63, 3.8) is 0 Å². The van der Waals surface area contributed by atoms with Crippen LogP contribution in [0.25, 0.3) is 17.0 Å². The molecule has 0 atom stereocenters. The highest BCUT2D eigenvalue weighted by Gasteiger charge is 1.98. The van der Waals surface area contributed by atoms with Crippen LogP contribution in [0.2, 0.25) is 0 Å². The molecule has 1 heteroatoms. The summed E-state index contributed by atoms with van der Waals surface area (Å²) in [5.41, 5.74) is 3.38. The van der Waals surface area contributed by atoms with Gasteiger partial charge in [0.2, 0.25) is 0 Å². The molecule has 70 valence electrons. The van der Waals surface area contributed by atoms with Crippen molar-refractivity contribution >= 4 is 17.0 Å². The minimum Gasteiger partial charge on any atom is -0.248 e. The average molecular weight is 183 g/mol. The van der Waals surface area contributed by atoms with E-state index in [1.54, 1.807) is 0 Å². The molecule has 1 aromatic heterocycles. The maximum absolute atomic E-state index is 4.54. The van der Waals surface area contributed by atoms with Crippen molar-refractivity contribution in [2.45, 2.75) is 13.8 Å². The first-order valence-corrected chi connectivity index (χ1v) is 4.80. The van der Waals surface area contributed by atoms with Crippen LogP contribution in [0.5, 0.6) is 0 Å². The minimum absolute atomic E-state index is 1.03. The van der Waals surface area contributed by atoms with E-state index in [4.69, 9.17) is 0 Å². The molecule has 0 aliphatic heterocycles. The fraction of sp³-hybridized carbons (Fsp3) is 0.154. The van der Waals surface area contributed by atoms with Crippen LogP contribution in [0.1, 0.15) is 18.2 Å². The summed E-state index contributed by atoms with van der Waals surface area (Å²) in [5, 5.41) is 1.24. The molecule has 0 aliphatic rings. The van der Waals surface area contributed by atoms with Gasteiger partial charge in [-0.2, -0.15) is 0 Å². The van der Waals surface area contributed by atoms with Crippen molar-refractivity contribution in [3.05, 3.63) is 47.7 Å². The Bertz CT molecular complexity index is 484. The van der Waals surface area contributed by atoms with Crippen molar-refractivity contribution in [2.24, 2.45) is 0 Å². The van der Waals surface area contributed by atoms with Crippen LogP contribution in [0.3, 0.4) is 0 Å². The summed E-state index contributed by atoms with van der Waals surface area (Å²) in [6.07, 6.45) is 4.04. The number of pyridine rings is 1. The smallest absolute Gasteiger partial charge is 0.0711 e. The monoisotopic (exact) mass is 183 g/mol. The largest absolute Gasteiger partial charge is 0.248 e. The Morgan fingerprint density at radius 1 is 1.21 bits per heavy atom. The molecule has 1 nitrogen and oxygen atoms in total. The first-order chi connectivity index (χ1) is 6.81. The van der Waals surface area contributed by atoms with E-state index in [1.165, 1.54) is 10.9 Å². The summed E-state index contributed by atoms with van der Waals surface area (Å²) >= 11 is 0. The molecule has 0 spiro atoms. The lowest BCUT2D eigenvalue weighted by molar-refractivity contribution is 1.33. The molecule has 0 N–H and O–H groups in total. The zero-order valence-corrected chi connectivity index (χ0v) is 8.49. The maximum atomic E-state index is 4.54. The fourth-order valence-corrected chi connectivity index (χ4v) is 1.63. The van der Waals surface area contributed by atoms with E-state index in [0.29, 0.717) is 0 Å². The Morgan fingerprint density at radius 3 is 2.79 bits per heavy atom. The number of allylic oxidation sites excluding steroid dienone is 1. The predicted molar refractivity (Wildman–Crippen MR) is 61.2 cm³/mol. The Morgan fingerprint density at radius 2 is 2.00 bits per heavy atom. The predicted octanol–water partition coefficient (Wildman–Crippen LogP) is 3.58. The van der Waals surface area contributed by atoms with Crippen LogP contribution in [-0.2, 0) is 0 Å². The number of aromatic nitrogens is 1. The summed E-state index contributed by atoms with van der Waals surface area (Å²) in [6, 6.07) is 10.3. The summed E-state index contributed by atoms with van der Waals surface area (Å²) in [5.74, 6) is 0. The first kappa shape index (κ1) is 8.95. The van der Waals surface area contributed by atoms with Gasteiger partial charge in [-0.1, -0.05) is 24.3 Å². The second-order valence-corrected chi connectivity index (χ2v) is 3.38. The fourth-order valence-electron chi connectivity index (χ4n) is 1.63. The summed E-state index contributed by atoms with van der Waals surface area (Å²) in [6.45, 7) is 4.13. The number of fused-ring (bicyclic) bond motifs is 1. The van der Waals surface area contributed by atoms with E-state index < -0.39 is 0 Å². The highest BCUT2D eigenvalue weighted by Crippen LogP contribution is 2.17. The van der Waals surface area contributed by atoms with Crippen molar-refractivity contribution < 1.29 is 0 Å². The molecule has 1 heterocycles. The lowest BCUT2D eigenvalue weighted by atomic mass is 10.1. The Hall–Kier alpha value is -1.63. The molecule has 0 bridgehead atoms. The molecule has 14 heavy (non-hydrogen) atoms. The van der Waals surface area contributed by atoms with Gasteiger partial charge < -0.3 is 0 Å². The molecule has 0 amide bonds. The Kier molecular flexibility index (Phi) is 2.32. The van der Waals surface area contributed by atoms with Gasteiger partial charge in [-0.15, -0.1) is 0 Å². The summed E-state index contributed by atoms with van der Waals surface area (Å²) in [7, 11) is 0. The third-order valence-electron chi connectivity index (χ3n) is 2.28. The van der Waals surface area contributed by atoms with Crippen LogP contribution in [-0.4, -0.2) is 4.98 Å². The lowest BCUT2D eigenvalue weighted by Gasteiger charge is -2.02. The quantitative estimate of drug-likeness (QED) is 0.658. The van der Waals surface area contributed by atoms with Gasteiger partial charge in [0, 0.05) is 5.39 Å². The molecule has 0 saturated carbocycles. The molecule has 0 saturated heterocycles. The lowest BCUT2D eigenvalue weighted by Crippen LogP contribution is -1.86. The number of nitrogens with zero attached hydrogens (tertiary/aromatic N) is 1. The van der Waals surface area contributed by atoms with Gasteiger partial charge in [0.15, 0.2) is 0 Å². The SMILES string of the molecule is C/C=C/c1cc(C)c2ccccc2n1. The van der Waals surface area contributed by atoms with Gasteiger partial charge in [-0.05, 0) is 37.6 Å². The van der Waals surface area contributed by atoms with Crippen LogP contribution in [0.4, 0.5) is 0 Å². The summed E-state index contributed by atoms with van der Waals surface area (Å²) < 4.78 is 0. The van der Waals surface area contributed by atoms with Crippen LogP contribution < -0.4 is 0 Å². The minimum atomic E-state index is 1.03. The van der Waals surface area contributed by atoms with Gasteiger partial charge in [-0.3, -0.25) is 0 Å². The van der Waals surface area contributed by atoms with Crippen molar-refractivity contribution in [1.29, 1.82) is 0 Å². The van der Waals surface area contributed by atoms with Crippen molar-refractivity contribution in [3.8, 4) is 0 Å². The number of aryl methyl sites for hydroxylation is 1. The molecular weight excluding hydrogens is 170 g/mol. The van der Waals surface area contributed by atoms with Gasteiger partial charge in [-0.25, -0.2) is 4.98 Å². The van der Waals surface area contributed by atoms with Crippen LogP contribution >= 0.6 is 0 Å². The maximum Gasteiger partial charge on any atom is 0.0711 e. The number of hydrogen-bond donors (Lipinski definition) is 0. The second-order valence-electron chi connectivity index (χ2n) is 3.38. The number of rotatable bonds is 1. The molecule has 0 unspecified atom stereocenters. The Balaban J connectivity index is 2.72. The molecule has 1 aromatic carbocycles. The zero-order chi connectivity index (χ0) is 9.97. The number of hydrogen-bond acceptors (Lipinski definition) is 1. The summed E-state index contributed by atoms with van der Waals surface area (Å²) in [4.78, 5) is 4.54. The van der Waals surface area contributed by atoms with Crippen LogP contribution in [0, 0.1) is 6.92 Å². The highest BCUT2D eigenvalue weighted by molar-refractivity contribution is 5.83. The average Bonchev–Trinajstić information content (AvgIpc) is 2.18. The van der Waals surface area contributed by atoms with E-state index in [2.05, 4.69) is 30.1 Å². The van der Waals surface area contributed by atoms with Gasteiger partial charge in [0.1, 0.15) is 0 Å². The normalized spacial score (nSPS) is 11.3. The Labute approximate surface area is 84.1 Å². The number of benzene rings is 1. The standard InChI is InChI=1S/C13H13N/c1-3-6-11-9-10(2)12-7-4-5-8-13(12)14-11/h3-9H,1-2H3/b6-3+. The molecule has 2 rings (SSSR count). The van der Waals surface area contributed by atoms with Crippen molar-refractivity contribution in [1.82, 2.24) is 4.98 Å². The highest BCUT2D eigenvalue weighted by atomic mass is 14.7.